The summed E-state index contributed by atoms with van der Waals surface area (Å²) in [6, 6.07) is 3.03. The Kier molecular flexibility index (Phi) is 7.22. The maximum atomic E-state index is 12.0. The van der Waals surface area contributed by atoms with Crippen LogP contribution in [-0.2, 0) is 0 Å². The van der Waals surface area contributed by atoms with E-state index in [9.17, 15) is 4.79 Å². The first kappa shape index (κ1) is 15.7. The molecule has 1 heterocycles. The Morgan fingerprint density at radius 2 is 2.26 bits per heavy atom. The van der Waals surface area contributed by atoms with Gasteiger partial charge in [-0.2, -0.15) is 0 Å². The van der Waals surface area contributed by atoms with Crippen molar-refractivity contribution in [1.29, 1.82) is 0 Å². The number of carbonyl (C=O) groups is 1. The Morgan fingerprint density at radius 1 is 1.47 bits per heavy atom. The molecular formula is C13H20ClN3O2. The maximum absolute atomic E-state index is 12.0. The van der Waals surface area contributed by atoms with Crippen molar-refractivity contribution in [3.8, 4) is 0 Å². The molecule has 1 aromatic heterocycles. The number of halogens is 1. The third kappa shape index (κ3) is 5.89. The second kappa shape index (κ2) is 8.72. The Balaban J connectivity index is 2.55. The van der Waals surface area contributed by atoms with E-state index in [1.807, 2.05) is 0 Å². The molecule has 0 aromatic carbocycles. The number of hydrogen-bond acceptors (Lipinski definition) is 3. The highest BCUT2D eigenvalue weighted by Gasteiger charge is 2.12. The highest BCUT2D eigenvalue weighted by Crippen LogP contribution is 2.12. The number of carbonyl (C=O) groups excluding carboxylic acids is 1. The lowest BCUT2D eigenvalue weighted by Gasteiger charge is -2.22. The Morgan fingerprint density at radius 3 is 2.89 bits per heavy atom. The lowest BCUT2D eigenvalue weighted by molar-refractivity contribution is 0.187. The summed E-state index contributed by atoms with van der Waals surface area (Å²) in [5.41, 5.74) is 0.600. The van der Waals surface area contributed by atoms with Gasteiger partial charge in [-0.1, -0.05) is 31.4 Å². The summed E-state index contributed by atoms with van der Waals surface area (Å²) in [6.45, 7) is 3.03. The van der Waals surface area contributed by atoms with Gasteiger partial charge >= 0.3 is 6.03 Å². The zero-order valence-electron chi connectivity index (χ0n) is 11.1. The van der Waals surface area contributed by atoms with Crippen LogP contribution in [0.25, 0.3) is 0 Å². The van der Waals surface area contributed by atoms with Crippen molar-refractivity contribution >= 4 is 23.3 Å². The standard InChI is InChI=1S/C13H20ClN3O2/c1-2-3-4-7-17(8-9-18)13(19)16-11-5-6-15-12(14)10-11/h5-6,10,18H,2-4,7-9H2,1H3,(H,15,16,19). The molecule has 0 aliphatic carbocycles. The average molecular weight is 286 g/mol. The van der Waals surface area contributed by atoms with Gasteiger partial charge in [0, 0.05) is 25.0 Å². The molecule has 2 N–H and O–H groups in total. The molecular weight excluding hydrogens is 266 g/mol. The van der Waals surface area contributed by atoms with Crippen molar-refractivity contribution in [2.24, 2.45) is 0 Å². The number of amides is 2. The molecule has 0 atom stereocenters. The monoisotopic (exact) mass is 285 g/mol. The van der Waals surface area contributed by atoms with Gasteiger partial charge in [0.25, 0.3) is 0 Å². The number of hydrogen-bond donors (Lipinski definition) is 2. The Bertz CT molecular complexity index is 401. The first-order valence-corrected chi connectivity index (χ1v) is 6.83. The largest absolute Gasteiger partial charge is 0.395 e. The predicted molar refractivity (Wildman–Crippen MR) is 76.4 cm³/mol. The van der Waals surface area contributed by atoms with Crippen LogP contribution in [0.2, 0.25) is 5.15 Å². The summed E-state index contributed by atoms with van der Waals surface area (Å²) < 4.78 is 0. The number of pyridine rings is 1. The van der Waals surface area contributed by atoms with E-state index in [1.165, 1.54) is 6.20 Å². The number of aliphatic hydroxyl groups excluding tert-OH is 1. The van der Waals surface area contributed by atoms with Gasteiger partial charge in [-0.05, 0) is 18.6 Å². The Labute approximate surface area is 118 Å². The summed E-state index contributed by atoms with van der Waals surface area (Å²) >= 11 is 5.76. The van der Waals surface area contributed by atoms with Crippen molar-refractivity contribution in [2.75, 3.05) is 25.0 Å². The van der Waals surface area contributed by atoms with Crippen LogP contribution in [0, 0.1) is 0 Å². The molecule has 0 spiro atoms. The van der Waals surface area contributed by atoms with Gasteiger partial charge in [-0.25, -0.2) is 9.78 Å². The van der Waals surface area contributed by atoms with Crippen molar-refractivity contribution < 1.29 is 9.90 Å². The average Bonchev–Trinajstić information content (AvgIpc) is 2.38. The normalized spacial score (nSPS) is 10.3. The van der Waals surface area contributed by atoms with Gasteiger partial charge < -0.3 is 15.3 Å². The van der Waals surface area contributed by atoms with E-state index >= 15 is 0 Å². The molecule has 0 saturated carbocycles. The fourth-order valence-corrected chi connectivity index (χ4v) is 1.84. The van der Waals surface area contributed by atoms with E-state index < -0.39 is 0 Å². The van der Waals surface area contributed by atoms with Crippen LogP contribution in [0.5, 0.6) is 0 Å². The van der Waals surface area contributed by atoms with E-state index in [0.717, 1.165) is 19.3 Å². The molecule has 1 aromatic rings. The molecule has 1 rings (SSSR count). The van der Waals surface area contributed by atoms with Gasteiger partial charge in [-0.3, -0.25) is 0 Å². The number of urea groups is 1. The Hall–Kier alpha value is -1.33. The van der Waals surface area contributed by atoms with E-state index in [1.54, 1.807) is 17.0 Å². The summed E-state index contributed by atoms with van der Waals surface area (Å²) in [5, 5.41) is 12.1. The first-order chi connectivity index (χ1) is 9.17. The number of unbranched alkanes of at least 4 members (excludes halogenated alkanes) is 2. The van der Waals surface area contributed by atoms with Crippen LogP contribution in [0.3, 0.4) is 0 Å². The van der Waals surface area contributed by atoms with Crippen LogP contribution < -0.4 is 5.32 Å². The van der Waals surface area contributed by atoms with Crippen LogP contribution in [-0.4, -0.2) is 40.7 Å². The molecule has 5 nitrogen and oxygen atoms in total. The number of anilines is 1. The molecule has 6 heteroatoms. The molecule has 2 amide bonds. The minimum absolute atomic E-state index is 0.0450. The van der Waals surface area contributed by atoms with Crippen molar-refractivity contribution in [2.45, 2.75) is 26.2 Å². The first-order valence-electron chi connectivity index (χ1n) is 6.45. The number of aliphatic hydroxyl groups is 1. The number of nitrogens with zero attached hydrogens (tertiary/aromatic N) is 2. The molecule has 0 fully saturated rings. The highest BCUT2D eigenvalue weighted by atomic mass is 35.5. The number of nitrogens with one attached hydrogen (secondary N) is 1. The smallest absolute Gasteiger partial charge is 0.321 e. The van der Waals surface area contributed by atoms with E-state index in [0.29, 0.717) is 23.9 Å². The molecule has 0 aliphatic rings. The summed E-state index contributed by atoms with van der Waals surface area (Å²) in [4.78, 5) is 17.5. The summed E-state index contributed by atoms with van der Waals surface area (Å²) in [7, 11) is 0. The minimum atomic E-state index is -0.229. The molecule has 0 saturated heterocycles. The van der Waals surface area contributed by atoms with E-state index in [-0.39, 0.29) is 12.6 Å². The van der Waals surface area contributed by atoms with Crippen molar-refractivity contribution in [3.05, 3.63) is 23.5 Å². The topological polar surface area (TPSA) is 65.5 Å². The highest BCUT2D eigenvalue weighted by molar-refractivity contribution is 6.29. The van der Waals surface area contributed by atoms with Crippen LogP contribution >= 0.6 is 11.6 Å². The van der Waals surface area contributed by atoms with Gasteiger partial charge in [0.05, 0.1) is 6.61 Å². The van der Waals surface area contributed by atoms with E-state index in [2.05, 4.69) is 17.2 Å². The minimum Gasteiger partial charge on any atom is -0.395 e. The van der Waals surface area contributed by atoms with Gasteiger partial charge in [0.2, 0.25) is 0 Å². The zero-order valence-corrected chi connectivity index (χ0v) is 11.9. The van der Waals surface area contributed by atoms with E-state index in [4.69, 9.17) is 16.7 Å². The predicted octanol–water partition coefficient (Wildman–Crippen LogP) is 2.75. The van der Waals surface area contributed by atoms with Crippen LogP contribution in [0.1, 0.15) is 26.2 Å². The number of rotatable bonds is 7. The summed E-state index contributed by atoms with van der Waals surface area (Å²) in [6.07, 6.45) is 4.62. The maximum Gasteiger partial charge on any atom is 0.321 e. The quantitative estimate of drug-likeness (QED) is 0.598. The molecule has 0 unspecified atom stereocenters. The lowest BCUT2D eigenvalue weighted by atomic mass is 10.2. The van der Waals surface area contributed by atoms with Crippen molar-refractivity contribution in [3.63, 3.8) is 0 Å². The van der Waals surface area contributed by atoms with Gasteiger partial charge in [0.1, 0.15) is 5.15 Å². The molecule has 106 valence electrons. The summed E-state index contributed by atoms with van der Waals surface area (Å²) in [5.74, 6) is 0. The molecule has 19 heavy (non-hydrogen) atoms. The molecule has 0 bridgehead atoms. The van der Waals surface area contributed by atoms with Gasteiger partial charge in [0.15, 0.2) is 0 Å². The SMILES string of the molecule is CCCCCN(CCO)C(=O)Nc1ccnc(Cl)c1. The van der Waals surface area contributed by atoms with Crippen LogP contribution in [0.4, 0.5) is 10.5 Å². The van der Waals surface area contributed by atoms with Crippen molar-refractivity contribution in [1.82, 2.24) is 9.88 Å². The second-order valence-corrected chi connectivity index (χ2v) is 4.60. The molecule has 0 aliphatic heterocycles. The lowest BCUT2D eigenvalue weighted by Crippen LogP contribution is -2.37. The van der Waals surface area contributed by atoms with Crippen LogP contribution in [0.15, 0.2) is 18.3 Å². The fraction of sp³-hybridized carbons (Fsp3) is 0.538. The fourth-order valence-electron chi connectivity index (χ4n) is 1.67. The zero-order chi connectivity index (χ0) is 14.1. The second-order valence-electron chi connectivity index (χ2n) is 4.22. The third-order valence-corrected chi connectivity index (χ3v) is 2.87. The third-order valence-electron chi connectivity index (χ3n) is 2.67. The number of aromatic nitrogens is 1. The molecule has 0 radical (unpaired) electrons. The van der Waals surface area contributed by atoms with Gasteiger partial charge in [-0.15, -0.1) is 0 Å².